The van der Waals surface area contributed by atoms with Crippen molar-refractivity contribution in [2.75, 3.05) is 33.9 Å². The second-order valence-electron chi connectivity index (χ2n) is 5.96. The van der Waals surface area contributed by atoms with Crippen LogP contribution in [0.3, 0.4) is 0 Å². The number of aromatic amines is 1. The van der Waals surface area contributed by atoms with E-state index in [1.165, 1.54) is 0 Å². The fourth-order valence-corrected chi connectivity index (χ4v) is 2.83. The summed E-state index contributed by atoms with van der Waals surface area (Å²) in [6.45, 7) is 2.56. The highest BCUT2D eigenvalue weighted by Gasteiger charge is 2.21. The minimum atomic E-state index is -0.158. The van der Waals surface area contributed by atoms with Crippen LogP contribution < -0.4 is 24.8 Å². The van der Waals surface area contributed by atoms with Gasteiger partial charge in [-0.1, -0.05) is 0 Å². The molecule has 0 aliphatic carbocycles. The average molecular weight is 360 g/mol. The second-order valence-corrected chi connectivity index (χ2v) is 5.96. The van der Waals surface area contributed by atoms with Crippen molar-refractivity contribution >= 4 is 5.91 Å². The van der Waals surface area contributed by atoms with Crippen LogP contribution in [0.4, 0.5) is 0 Å². The maximum atomic E-state index is 12.3. The molecule has 0 unspecified atom stereocenters. The molecule has 3 rings (SSSR count). The largest absolute Gasteiger partial charge is 0.496 e. The zero-order chi connectivity index (χ0) is 18.4. The number of carbonyl (C=O) groups is 1. The van der Waals surface area contributed by atoms with Gasteiger partial charge in [0.1, 0.15) is 17.2 Å². The number of nitrogens with one attached hydrogen (secondary N) is 3. The summed E-state index contributed by atoms with van der Waals surface area (Å²) in [4.78, 5) is 12.3. The first-order chi connectivity index (χ1) is 12.7. The molecule has 0 bridgehead atoms. The van der Waals surface area contributed by atoms with E-state index in [0.717, 1.165) is 24.2 Å². The van der Waals surface area contributed by atoms with E-state index in [9.17, 15) is 4.79 Å². The Balaban J connectivity index is 1.44. The predicted octanol–water partition coefficient (Wildman–Crippen LogP) is 1.27. The fraction of sp³-hybridized carbons (Fsp3) is 0.444. The standard InChI is InChI=1S/C18H24N4O4/c1-24-12-8-13(25-2)10-14(9-12)26-7-3-5-20-18(23)17-15-11-19-6-4-16(15)21-22-17/h8-10,19H,3-7,11H2,1-2H3,(H,20,23)(H,21,22). The SMILES string of the molecule is COc1cc(OC)cc(OCCCNC(=O)c2n[nH]c3c2CNCC3)c1. The van der Waals surface area contributed by atoms with Crippen molar-refractivity contribution in [3.63, 3.8) is 0 Å². The lowest BCUT2D eigenvalue weighted by Gasteiger charge is -2.13. The summed E-state index contributed by atoms with van der Waals surface area (Å²) in [5, 5.41) is 13.2. The van der Waals surface area contributed by atoms with E-state index in [1.54, 1.807) is 32.4 Å². The van der Waals surface area contributed by atoms with Crippen LogP contribution in [-0.2, 0) is 13.0 Å². The normalized spacial score (nSPS) is 13.0. The van der Waals surface area contributed by atoms with Crippen LogP contribution in [0.15, 0.2) is 18.2 Å². The number of amides is 1. The van der Waals surface area contributed by atoms with Crippen molar-refractivity contribution in [2.45, 2.75) is 19.4 Å². The Bertz CT molecular complexity index is 737. The molecule has 1 aliphatic heterocycles. The molecule has 2 aromatic rings. The minimum absolute atomic E-state index is 0.158. The monoisotopic (exact) mass is 360 g/mol. The summed E-state index contributed by atoms with van der Waals surface area (Å²) in [6.07, 6.45) is 1.55. The Kier molecular flexibility index (Phi) is 5.96. The molecule has 1 aliphatic rings. The first kappa shape index (κ1) is 18.1. The van der Waals surface area contributed by atoms with Crippen LogP contribution in [0, 0.1) is 0 Å². The fourth-order valence-electron chi connectivity index (χ4n) is 2.83. The molecule has 26 heavy (non-hydrogen) atoms. The molecule has 0 saturated heterocycles. The van der Waals surface area contributed by atoms with Gasteiger partial charge in [0, 0.05) is 55.5 Å². The zero-order valence-corrected chi connectivity index (χ0v) is 15.1. The third kappa shape index (κ3) is 4.26. The molecule has 2 heterocycles. The molecule has 140 valence electrons. The molecule has 0 saturated carbocycles. The first-order valence-electron chi connectivity index (χ1n) is 8.62. The molecule has 8 heteroatoms. The molecule has 0 fully saturated rings. The van der Waals surface area contributed by atoms with E-state index in [2.05, 4.69) is 20.8 Å². The maximum absolute atomic E-state index is 12.3. The Hall–Kier alpha value is -2.74. The molecule has 0 radical (unpaired) electrons. The Morgan fingerprint density at radius 3 is 2.65 bits per heavy atom. The molecular weight excluding hydrogens is 336 g/mol. The lowest BCUT2D eigenvalue weighted by molar-refractivity contribution is 0.0945. The van der Waals surface area contributed by atoms with Gasteiger partial charge in [-0.05, 0) is 6.42 Å². The molecule has 8 nitrogen and oxygen atoms in total. The summed E-state index contributed by atoms with van der Waals surface area (Å²) in [7, 11) is 3.19. The van der Waals surface area contributed by atoms with Gasteiger partial charge in [0.25, 0.3) is 5.91 Å². The molecule has 1 aromatic heterocycles. The number of nitrogens with zero attached hydrogens (tertiary/aromatic N) is 1. The van der Waals surface area contributed by atoms with Crippen molar-refractivity contribution in [1.29, 1.82) is 0 Å². The smallest absolute Gasteiger partial charge is 0.272 e. The third-order valence-corrected chi connectivity index (χ3v) is 4.22. The van der Waals surface area contributed by atoms with Crippen molar-refractivity contribution < 1.29 is 19.0 Å². The van der Waals surface area contributed by atoms with E-state index in [1.807, 2.05) is 0 Å². The number of methoxy groups -OCH3 is 2. The van der Waals surface area contributed by atoms with E-state index >= 15 is 0 Å². The van der Waals surface area contributed by atoms with Crippen molar-refractivity contribution in [2.24, 2.45) is 0 Å². The van der Waals surface area contributed by atoms with E-state index < -0.39 is 0 Å². The maximum Gasteiger partial charge on any atom is 0.272 e. The summed E-state index contributed by atoms with van der Waals surface area (Å²) >= 11 is 0. The topological polar surface area (TPSA) is 97.5 Å². The van der Waals surface area contributed by atoms with Gasteiger partial charge >= 0.3 is 0 Å². The highest BCUT2D eigenvalue weighted by atomic mass is 16.5. The lowest BCUT2D eigenvalue weighted by atomic mass is 10.1. The molecule has 0 atom stereocenters. The summed E-state index contributed by atoms with van der Waals surface area (Å²) in [5.74, 6) is 1.85. The third-order valence-electron chi connectivity index (χ3n) is 4.22. The van der Waals surface area contributed by atoms with Gasteiger partial charge in [-0.25, -0.2) is 0 Å². The zero-order valence-electron chi connectivity index (χ0n) is 15.1. The number of ether oxygens (including phenoxy) is 3. The van der Waals surface area contributed by atoms with Gasteiger partial charge in [-0.3, -0.25) is 9.89 Å². The highest BCUT2D eigenvalue weighted by molar-refractivity contribution is 5.94. The molecule has 1 amide bonds. The highest BCUT2D eigenvalue weighted by Crippen LogP contribution is 2.27. The second kappa shape index (κ2) is 8.57. The van der Waals surface area contributed by atoms with Gasteiger partial charge in [0.05, 0.1) is 20.8 Å². The number of aromatic nitrogens is 2. The Labute approximate surface area is 152 Å². The van der Waals surface area contributed by atoms with Crippen LogP contribution in [0.25, 0.3) is 0 Å². The molecule has 3 N–H and O–H groups in total. The summed E-state index contributed by atoms with van der Waals surface area (Å²) in [6, 6.07) is 5.38. The number of fused-ring (bicyclic) bond motifs is 1. The van der Waals surface area contributed by atoms with Crippen LogP contribution >= 0.6 is 0 Å². The average Bonchev–Trinajstić information content (AvgIpc) is 3.11. The molecule has 1 aromatic carbocycles. The molecular formula is C18H24N4O4. The van der Waals surface area contributed by atoms with E-state index in [0.29, 0.717) is 49.1 Å². The first-order valence-corrected chi connectivity index (χ1v) is 8.62. The predicted molar refractivity (Wildman–Crippen MR) is 96.0 cm³/mol. The lowest BCUT2D eigenvalue weighted by Crippen LogP contribution is -2.29. The Morgan fingerprint density at radius 1 is 1.19 bits per heavy atom. The number of benzene rings is 1. The summed E-state index contributed by atoms with van der Waals surface area (Å²) < 4.78 is 16.1. The van der Waals surface area contributed by atoms with E-state index in [4.69, 9.17) is 14.2 Å². The summed E-state index contributed by atoms with van der Waals surface area (Å²) in [5.41, 5.74) is 2.49. The van der Waals surface area contributed by atoms with Crippen molar-refractivity contribution in [3.8, 4) is 17.2 Å². The Morgan fingerprint density at radius 2 is 1.92 bits per heavy atom. The van der Waals surface area contributed by atoms with Crippen LogP contribution in [0.1, 0.15) is 28.2 Å². The van der Waals surface area contributed by atoms with E-state index in [-0.39, 0.29) is 5.91 Å². The van der Waals surface area contributed by atoms with Gasteiger partial charge in [-0.15, -0.1) is 0 Å². The number of rotatable bonds is 8. The molecule has 0 spiro atoms. The number of hydrogen-bond acceptors (Lipinski definition) is 6. The van der Waals surface area contributed by atoms with Crippen LogP contribution in [-0.4, -0.2) is 50.0 Å². The van der Waals surface area contributed by atoms with Gasteiger partial charge < -0.3 is 24.8 Å². The van der Waals surface area contributed by atoms with Gasteiger partial charge in [0.2, 0.25) is 0 Å². The quantitative estimate of drug-likeness (QED) is 0.614. The number of H-pyrrole nitrogens is 1. The van der Waals surface area contributed by atoms with Crippen molar-refractivity contribution in [1.82, 2.24) is 20.8 Å². The van der Waals surface area contributed by atoms with Gasteiger partial charge in [-0.2, -0.15) is 5.10 Å². The number of carbonyl (C=O) groups excluding carboxylic acids is 1. The van der Waals surface area contributed by atoms with Crippen LogP contribution in [0.2, 0.25) is 0 Å². The van der Waals surface area contributed by atoms with Crippen LogP contribution in [0.5, 0.6) is 17.2 Å². The van der Waals surface area contributed by atoms with Crippen molar-refractivity contribution in [3.05, 3.63) is 35.2 Å². The van der Waals surface area contributed by atoms with Gasteiger partial charge in [0.15, 0.2) is 5.69 Å². The minimum Gasteiger partial charge on any atom is -0.496 e. The number of hydrogen-bond donors (Lipinski definition) is 3.